The monoisotopic (exact) mass is 377 g/mol. The summed E-state index contributed by atoms with van der Waals surface area (Å²) in [5, 5.41) is 15.7. The quantitative estimate of drug-likeness (QED) is 0.228. The number of hydrazone groups is 1. The molecule has 142 valence electrons. The molecule has 2 aromatic rings. The third-order valence-electron chi connectivity index (χ3n) is 3.66. The number of nitro groups is 1. The number of para-hydroxylation sites is 1. The summed E-state index contributed by atoms with van der Waals surface area (Å²) in [6, 6.07) is 7.51. The molecular weight excluding hydrogens is 360 g/mol. The Morgan fingerprint density at radius 3 is 2.70 bits per heavy atom. The van der Waals surface area contributed by atoms with Crippen LogP contribution in [0.2, 0.25) is 0 Å². The number of hydrogen-bond donors (Lipinski definition) is 3. The van der Waals surface area contributed by atoms with Crippen LogP contribution in [0.15, 0.2) is 53.5 Å². The molecule has 2 rings (SSSR count). The molecule has 9 nitrogen and oxygen atoms in total. The van der Waals surface area contributed by atoms with E-state index in [4.69, 9.17) is 17.4 Å². The van der Waals surface area contributed by atoms with Crippen LogP contribution in [0.1, 0.15) is 5.56 Å². The fraction of sp³-hybridized carbons (Fsp3) is 0.125. The van der Waals surface area contributed by atoms with Gasteiger partial charge in [0.15, 0.2) is 5.84 Å². The second-order valence-corrected chi connectivity index (χ2v) is 5.41. The van der Waals surface area contributed by atoms with Crippen molar-refractivity contribution < 1.29 is 13.7 Å². The van der Waals surface area contributed by atoms with Crippen LogP contribution in [0.25, 0.3) is 11.1 Å². The van der Waals surface area contributed by atoms with Crippen LogP contribution in [0.5, 0.6) is 0 Å². The van der Waals surface area contributed by atoms with Gasteiger partial charge in [-0.3, -0.25) is 15.1 Å². The Morgan fingerprint density at radius 1 is 1.41 bits per heavy atom. The predicted molar refractivity (Wildman–Crippen MR) is 97.5 cm³/mol. The number of nitrogens with two attached hydrogens (primary N) is 3. The van der Waals surface area contributed by atoms with Crippen LogP contribution in [-0.2, 0) is 0 Å². The second-order valence-electron chi connectivity index (χ2n) is 5.41. The Kier molecular flexibility index (Phi) is 6.33. The van der Waals surface area contributed by atoms with Gasteiger partial charge in [0, 0.05) is 23.4 Å². The molecule has 1 aromatic carbocycles. The van der Waals surface area contributed by atoms with Gasteiger partial charge in [0.25, 0.3) is 5.69 Å². The maximum Gasteiger partial charge on any atom is 0.277 e. The zero-order chi connectivity index (χ0) is 20.0. The predicted octanol–water partition coefficient (Wildman–Crippen LogP) is 1.86. The van der Waals surface area contributed by atoms with Gasteiger partial charge in [-0.25, -0.2) is 19.6 Å². The van der Waals surface area contributed by atoms with Crippen LogP contribution >= 0.6 is 0 Å². The maximum atomic E-state index is 12.7. The van der Waals surface area contributed by atoms with E-state index in [1.54, 1.807) is 12.1 Å². The van der Waals surface area contributed by atoms with Crippen LogP contribution in [0, 0.1) is 10.1 Å². The Labute approximate surface area is 152 Å². The molecule has 0 spiro atoms. The number of aromatic nitrogens is 1. The highest BCUT2D eigenvalue weighted by Crippen LogP contribution is 2.30. The Morgan fingerprint density at radius 2 is 2.11 bits per heavy atom. The van der Waals surface area contributed by atoms with Crippen molar-refractivity contribution in [2.24, 2.45) is 16.8 Å². The number of pyridine rings is 1. The van der Waals surface area contributed by atoms with E-state index in [1.165, 1.54) is 24.4 Å². The number of hydrazine groups is 1. The first kappa shape index (κ1) is 19.7. The topological polar surface area (TPSA) is 150 Å². The van der Waals surface area contributed by atoms with Gasteiger partial charge < -0.3 is 11.6 Å². The molecule has 0 aliphatic carbocycles. The minimum atomic E-state index is -1.05. The van der Waals surface area contributed by atoms with Gasteiger partial charge in [-0.05, 0) is 12.1 Å². The number of nitro benzene ring substituents is 1. The van der Waals surface area contributed by atoms with Gasteiger partial charge in [0.05, 0.1) is 28.9 Å². The molecule has 0 radical (unpaired) electrons. The highest BCUT2D eigenvalue weighted by molar-refractivity contribution is 6.03. The summed E-state index contributed by atoms with van der Waals surface area (Å²) >= 11 is 0. The van der Waals surface area contributed by atoms with Crippen LogP contribution < -0.4 is 17.4 Å². The van der Waals surface area contributed by atoms with Crippen LogP contribution in [0.3, 0.4) is 0 Å². The maximum absolute atomic E-state index is 12.7. The van der Waals surface area contributed by atoms with Gasteiger partial charge in [-0.1, -0.05) is 12.1 Å². The normalized spacial score (nSPS) is 12.1. The molecule has 0 saturated carbocycles. The number of anilines is 1. The highest BCUT2D eigenvalue weighted by atomic mass is 19.1. The summed E-state index contributed by atoms with van der Waals surface area (Å²) in [6.45, 7) is -1.38. The third kappa shape index (κ3) is 4.33. The molecule has 0 saturated heterocycles. The fourth-order valence-electron chi connectivity index (χ4n) is 2.38. The van der Waals surface area contributed by atoms with Crippen molar-refractivity contribution in [3.8, 4) is 11.1 Å². The molecule has 0 atom stereocenters. The first-order valence-electron chi connectivity index (χ1n) is 7.56. The van der Waals surface area contributed by atoms with E-state index in [-0.39, 0.29) is 41.4 Å². The lowest BCUT2D eigenvalue weighted by molar-refractivity contribution is -0.384. The van der Waals surface area contributed by atoms with E-state index in [9.17, 15) is 18.9 Å². The van der Waals surface area contributed by atoms with E-state index in [0.29, 0.717) is 11.1 Å². The standard InChI is InChI=1S/C16H17F2N7O2/c17-6-10(7-18)9-24(21)16(23-20)13-5-11(8-22-15(13)19)12-3-1-2-4-14(12)25(26)27/h1-6,8H,7,9,20-21H2,(H2,19,22)/b10-6+,23-16-. The number of nitrogen functional groups attached to an aromatic ring is 1. The number of halogens is 2. The number of nitrogens with zero attached hydrogens (tertiary/aromatic N) is 4. The summed E-state index contributed by atoms with van der Waals surface area (Å²) in [6.07, 6.45) is 1.45. The molecule has 1 aromatic heterocycles. The molecule has 11 heteroatoms. The van der Waals surface area contributed by atoms with E-state index >= 15 is 0 Å². The number of amidine groups is 1. The lowest BCUT2D eigenvalue weighted by Gasteiger charge is -2.21. The average Bonchev–Trinajstić information content (AvgIpc) is 2.68. The van der Waals surface area contributed by atoms with Crippen molar-refractivity contribution in [3.05, 3.63) is 64.1 Å². The smallest absolute Gasteiger partial charge is 0.277 e. The van der Waals surface area contributed by atoms with Gasteiger partial charge in [0.2, 0.25) is 0 Å². The van der Waals surface area contributed by atoms with E-state index < -0.39 is 11.6 Å². The van der Waals surface area contributed by atoms with Crippen molar-refractivity contribution in [2.75, 3.05) is 19.0 Å². The Balaban J connectivity index is 2.50. The van der Waals surface area contributed by atoms with Gasteiger partial charge in [-0.15, -0.1) is 0 Å². The number of hydrogen-bond acceptors (Lipinski definition) is 7. The molecule has 27 heavy (non-hydrogen) atoms. The molecule has 0 bridgehead atoms. The molecule has 0 amide bonds. The first-order chi connectivity index (χ1) is 12.9. The summed E-state index contributed by atoms with van der Waals surface area (Å²) in [4.78, 5) is 14.7. The molecule has 0 aliphatic rings. The summed E-state index contributed by atoms with van der Waals surface area (Å²) in [7, 11) is 0. The second kappa shape index (κ2) is 8.67. The summed E-state index contributed by atoms with van der Waals surface area (Å²) in [5.74, 6) is 11.1. The molecule has 0 aliphatic heterocycles. The third-order valence-corrected chi connectivity index (χ3v) is 3.66. The molecular formula is C16H17F2N7O2. The lowest BCUT2D eigenvalue weighted by Crippen LogP contribution is -2.40. The molecule has 0 fully saturated rings. The number of alkyl halides is 1. The largest absolute Gasteiger partial charge is 0.383 e. The van der Waals surface area contributed by atoms with Crippen molar-refractivity contribution in [1.29, 1.82) is 0 Å². The minimum absolute atomic E-state index is 0.0111. The Bertz CT molecular complexity index is 902. The van der Waals surface area contributed by atoms with E-state index in [1.807, 2.05) is 0 Å². The fourth-order valence-corrected chi connectivity index (χ4v) is 2.38. The van der Waals surface area contributed by atoms with E-state index in [2.05, 4.69) is 10.1 Å². The van der Waals surface area contributed by atoms with Crippen molar-refractivity contribution >= 4 is 17.3 Å². The Hall–Kier alpha value is -3.60. The lowest BCUT2D eigenvalue weighted by atomic mass is 10.0. The number of benzene rings is 1. The first-order valence-corrected chi connectivity index (χ1v) is 7.56. The van der Waals surface area contributed by atoms with Gasteiger partial charge >= 0.3 is 0 Å². The van der Waals surface area contributed by atoms with Crippen molar-refractivity contribution in [2.45, 2.75) is 0 Å². The highest BCUT2D eigenvalue weighted by Gasteiger charge is 2.20. The van der Waals surface area contributed by atoms with Crippen molar-refractivity contribution in [3.63, 3.8) is 0 Å². The minimum Gasteiger partial charge on any atom is -0.383 e. The van der Waals surface area contributed by atoms with Gasteiger partial charge in [-0.2, -0.15) is 5.10 Å². The van der Waals surface area contributed by atoms with E-state index in [0.717, 1.165) is 5.01 Å². The summed E-state index contributed by atoms with van der Waals surface area (Å²) < 4.78 is 25.3. The van der Waals surface area contributed by atoms with Crippen LogP contribution in [-0.4, -0.2) is 34.0 Å². The molecule has 0 unspecified atom stereocenters. The SMILES string of the molecule is N/N=C(/c1cc(-c2ccccc2[N+](=O)[O-])cnc1N)N(N)C/C(=C/F)CF. The molecule has 6 N–H and O–H groups in total. The zero-order valence-electron chi connectivity index (χ0n) is 14.0. The zero-order valence-corrected chi connectivity index (χ0v) is 14.0. The van der Waals surface area contributed by atoms with Gasteiger partial charge in [0.1, 0.15) is 12.5 Å². The van der Waals surface area contributed by atoms with Crippen molar-refractivity contribution in [1.82, 2.24) is 9.99 Å². The molecule has 1 heterocycles. The van der Waals surface area contributed by atoms with Crippen LogP contribution in [0.4, 0.5) is 20.3 Å². The summed E-state index contributed by atoms with van der Waals surface area (Å²) in [5.41, 5.74) is 6.30. The number of rotatable bonds is 6. The average molecular weight is 377 g/mol.